The molecule has 0 aromatic heterocycles. The molecule has 6 heteroatoms. The van der Waals surface area contributed by atoms with Crippen LogP contribution in [-0.2, 0) is 0 Å². The summed E-state index contributed by atoms with van der Waals surface area (Å²) in [5, 5.41) is 2.96. The number of nitrogen functional groups attached to an aromatic ring is 1. The van der Waals surface area contributed by atoms with E-state index in [0.717, 1.165) is 0 Å². The number of nitrogens with one attached hydrogen (secondary N) is 1. The van der Waals surface area contributed by atoms with Crippen molar-refractivity contribution in [2.45, 2.75) is 6.61 Å². The molecule has 20 heavy (non-hydrogen) atoms. The Morgan fingerprint density at radius 2 is 1.85 bits per heavy atom. The Morgan fingerprint density at radius 1 is 1.10 bits per heavy atom. The van der Waals surface area contributed by atoms with Gasteiger partial charge in [-0.25, -0.2) is 0 Å². The zero-order chi connectivity index (χ0) is 14.5. The fourth-order valence-electron chi connectivity index (χ4n) is 1.70. The topological polar surface area (TPSA) is 56.5 Å². The first kappa shape index (κ1) is 13.9. The number of anilines is 3. The van der Waals surface area contributed by atoms with Crippen LogP contribution >= 0.6 is 0 Å². The van der Waals surface area contributed by atoms with E-state index in [2.05, 4.69) is 10.1 Å². The van der Waals surface area contributed by atoms with E-state index in [-0.39, 0.29) is 5.75 Å². The molecule has 2 aromatic rings. The van der Waals surface area contributed by atoms with E-state index in [9.17, 15) is 8.78 Å². The van der Waals surface area contributed by atoms with E-state index in [1.54, 1.807) is 36.4 Å². The van der Waals surface area contributed by atoms with Crippen molar-refractivity contribution in [1.82, 2.24) is 0 Å². The van der Waals surface area contributed by atoms with Gasteiger partial charge in [0.25, 0.3) is 0 Å². The monoisotopic (exact) mass is 280 g/mol. The lowest BCUT2D eigenvalue weighted by molar-refractivity contribution is -0.0493. The molecule has 0 atom stereocenters. The van der Waals surface area contributed by atoms with Crippen molar-refractivity contribution in [1.29, 1.82) is 0 Å². The number of rotatable bonds is 5. The molecule has 106 valence electrons. The van der Waals surface area contributed by atoms with Crippen LogP contribution in [0.1, 0.15) is 0 Å². The molecule has 0 heterocycles. The van der Waals surface area contributed by atoms with Gasteiger partial charge in [0.1, 0.15) is 11.5 Å². The summed E-state index contributed by atoms with van der Waals surface area (Å²) in [5.74, 6) is 0.669. The number of hydrogen-bond donors (Lipinski definition) is 2. The summed E-state index contributed by atoms with van der Waals surface area (Å²) in [6.45, 7) is -2.88. The molecule has 0 spiro atoms. The second-order valence-corrected chi connectivity index (χ2v) is 3.95. The minimum Gasteiger partial charge on any atom is -0.497 e. The molecule has 0 unspecified atom stereocenters. The van der Waals surface area contributed by atoms with Gasteiger partial charge in [-0.1, -0.05) is 12.1 Å². The molecule has 0 fully saturated rings. The van der Waals surface area contributed by atoms with Crippen molar-refractivity contribution in [2.75, 3.05) is 18.2 Å². The van der Waals surface area contributed by atoms with Crippen LogP contribution in [0.15, 0.2) is 42.5 Å². The summed E-state index contributed by atoms with van der Waals surface area (Å²) < 4.78 is 34.1. The lowest BCUT2D eigenvalue weighted by Gasteiger charge is -2.14. The standard InChI is InChI=1S/C14H14F2N2O2/c1-19-9-6-7-11(10(17)8-9)18-12-4-2-3-5-13(12)20-14(15)16/h2-8,14,18H,17H2,1H3. The van der Waals surface area contributed by atoms with Gasteiger partial charge < -0.3 is 20.5 Å². The Kier molecular flexibility index (Phi) is 4.24. The second-order valence-electron chi connectivity index (χ2n) is 3.95. The Hall–Kier alpha value is -2.50. The van der Waals surface area contributed by atoms with Crippen molar-refractivity contribution in [3.8, 4) is 11.5 Å². The molecule has 0 bridgehead atoms. The molecule has 0 radical (unpaired) electrons. The van der Waals surface area contributed by atoms with Gasteiger partial charge >= 0.3 is 6.61 Å². The van der Waals surface area contributed by atoms with Crippen LogP contribution < -0.4 is 20.5 Å². The molecular formula is C14H14F2N2O2. The van der Waals surface area contributed by atoms with Gasteiger partial charge in [-0.3, -0.25) is 0 Å². The number of nitrogens with two attached hydrogens (primary N) is 1. The average molecular weight is 280 g/mol. The zero-order valence-corrected chi connectivity index (χ0v) is 10.8. The largest absolute Gasteiger partial charge is 0.497 e. The number of halogens is 2. The van der Waals surface area contributed by atoms with Crippen LogP contribution in [0, 0.1) is 0 Å². The first-order valence-corrected chi connectivity index (χ1v) is 5.84. The van der Waals surface area contributed by atoms with Crippen LogP contribution in [0.25, 0.3) is 0 Å². The summed E-state index contributed by atoms with van der Waals surface area (Å²) in [7, 11) is 1.54. The third kappa shape index (κ3) is 3.28. The van der Waals surface area contributed by atoms with Gasteiger partial charge in [-0.2, -0.15) is 8.78 Å². The fourth-order valence-corrected chi connectivity index (χ4v) is 1.70. The van der Waals surface area contributed by atoms with Crippen LogP contribution in [0.4, 0.5) is 25.8 Å². The molecule has 3 N–H and O–H groups in total. The molecular weight excluding hydrogens is 266 g/mol. The normalized spacial score (nSPS) is 10.4. The van der Waals surface area contributed by atoms with Gasteiger partial charge in [0, 0.05) is 6.07 Å². The zero-order valence-electron chi connectivity index (χ0n) is 10.8. The number of para-hydroxylation sites is 2. The Balaban J connectivity index is 2.26. The number of hydrogen-bond acceptors (Lipinski definition) is 4. The van der Waals surface area contributed by atoms with Gasteiger partial charge in [0.15, 0.2) is 0 Å². The Labute approximate surface area is 115 Å². The summed E-state index contributed by atoms with van der Waals surface area (Å²) in [6.07, 6.45) is 0. The Morgan fingerprint density at radius 3 is 2.50 bits per heavy atom. The van der Waals surface area contributed by atoms with Crippen molar-refractivity contribution in [3.05, 3.63) is 42.5 Å². The molecule has 0 amide bonds. The SMILES string of the molecule is COc1ccc(Nc2ccccc2OC(F)F)c(N)c1. The van der Waals surface area contributed by atoms with E-state index in [0.29, 0.717) is 22.8 Å². The highest BCUT2D eigenvalue weighted by Gasteiger charge is 2.10. The molecule has 2 rings (SSSR count). The lowest BCUT2D eigenvalue weighted by Crippen LogP contribution is -2.05. The van der Waals surface area contributed by atoms with E-state index in [1.165, 1.54) is 13.2 Å². The molecule has 0 aliphatic carbocycles. The second kappa shape index (κ2) is 6.10. The third-order valence-electron chi connectivity index (χ3n) is 2.63. The van der Waals surface area contributed by atoms with Crippen LogP contribution in [0.5, 0.6) is 11.5 Å². The average Bonchev–Trinajstić information content (AvgIpc) is 2.42. The summed E-state index contributed by atoms with van der Waals surface area (Å²) in [5.41, 5.74) is 7.29. The molecule has 2 aromatic carbocycles. The lowest BCUT2D eigenvalue weighted by atomic mass is 10.2. The minimum atomic E-state index is -2.88. The Bertz CT molecular complexity index is 591. The number of ether oxygens (including phenoxy) is 2. The van der Waals surface area contributed by atoms with Gasteiger partial charge in [-0.15, -0.1) is 0 Å². The summed E-state index contributed by atoms with van der Waals surface area (Å²) in [4.78, 5) is 0. The number of alkyl halides is 2. The predicted octanol–water partition coefficient (Wildman–Crippen LogP) is 3.62. The van der Waals surface area contributed by atoms with Crippen molar-refractivity contribution in [2.24, 2.45) is 0 Å². The number of methoxy groups -OCH3 is 1. The highest BCUT2D eigenvalue weighted by molar-refractivity contribution is 5.76. The van der Waals surface area contributed by atoms with E-state index < -0.39 is 6.61 Å². The fraction of sp³-hybridized carbons (Fsp3) is 0.143. The molecule has 4 nitrogen and oxygen atoms in total. The molecule has 0 aliphatic rings. The highest BCUT2D eigenvalue weighted by atomic mass is 19.3. The van der Waals surface area contributed by atoms with Gasteiger partial charge in [0.2, 0.25) is 0 Å². The van der Waals surface area contributed by atoms with Gasteiger partial charge in [-0.05, 0) is 24.3 Å². The maximum Gasteiger partial charge on any atom is 0.387 e. The van der Waals surface area contributed by atoms with Crippen LogP contribution in [0.2, 0.25) is 0 Å². The first-order chi connectivity index (χ1) is 9.60. The quantitative estimate of drug-likeness (QED) is 0.821. The number of benzene rings is 2. The smallest absolute Gasteiger partial charge is 0.387 e. The van der Waals surface area contributed by atoms with E-state index >= 15 is 0 Å². The molecule has 0 aliphatic heterocycles. The van der Waals surface area contributed by atoms with Crippen molar-refractivity contribution < 1.29 is 18.3 Å². The third-order valence-corrected chi connectivity index (χ3v) is 2.63. The van der Waals surface area contributed by atoms with Gasteiger partial charge in [0.05, 0.1) is 24.2 Å². The minimum absolute atomic E-state index is 0.0534. The summed E-state index contributed by atoms with van der Waals surface area (Å²) in [6, 6.07) is 11.5. The van der Waals surface area contributed by atoms with Crippen LogP contribution in [-0.4, -0.2) is 13.7 Å². The predicted molar refractivity (Wildman–Crippen MR) is 73.8 cm³/mol. The van der Waals surface area contributed by atoms with E-state index in [4.69, 9.17) is 10.5 Å². The molecule has 0 saturated carbocycles. The maximum atomic E-state index is 12.3. The molecule has 0 saturated heterocycles. The van der Waals surface area contributed by atoms with Crippen molar-refractivity contribution >= 4 is 17.1 Å². The summed E-state index contributed by atoms with van der Waals surface area (Å²) >= 11 is 0. The highest BCUT2D eigenvalue weighted by Crippen LogP contribution is 2.32. The first-order valence-electron chi connectivity index (χ1n) is 5.84. The maximum absolute atomic E-state index is 12.3. The van der Waals surface area contributed by atoms with E-state index in [1.807, 2.05) is 0 Å². The van der Waals surface area contributed by atoms with Crippen LogP contribution in [0.3, 0.4) is 0 Å². The van der Waals surface area contributed by atoms with Crippen molar-refractivity contribution in [3.63, 3.8) is 0 Å².